The minimum atomic E-state index is -3.48. The van der Waals surface area contributed by atoms with Gasteiger partial charge >= 0.3 is 0 Å². The van der Waals surface area contributed by atoms with Crippen LogP contribution in [0.1, 0.15) is 34.3 Å². The van der Waals surface area contributed by atoms with Crippen LogP contribution in [0, 0.1) is 0 Å². The van der Waals surface area contributed by atoms with Crippen LogP contribution < -0.4 is 4.72 Å². The van der Waals surface area contributed by atoms with E-state index in [1.807, 2.05) is 23.1 Å². The van der Waals surface area contributed by atoms with E-state index in [9.17, 15) is 13.2 Å². The highest BCUT2D eigenvalue weighted by Gasteiger charge is 2.28. The first kappa shape index (κ1) is 16.3. The molecule has 1 amide bonds. The van der Waals surface area contributed by atoms with Crippen LogP contribution in [0.15, 0.2) is 53.4 Å². The SMILES string of the molecule is O=C(c1ccc(S(=O)(=O)NC2CC2)cc1)N1CCc2ccccc2C1. The minimum absolute atomic E-state index is 0.0615. The van der Waals surface area contributed by atoms with Crippen molar-refractivity contribution in [3.8, 4) is 0 Å². The maximum atomic E-state index is 12.7. The molecule has 0 radical (unpaired) electrons. The average Bonchev–Trinajstić information content (AvgIpc) is 3.44. The Balaban J connectivity index is 1.49. The zero-order valence-electron chi connectivity index (χ0n) is 13.8. The Morgan fingerprint density at radius 2 is 1.68 bits per heavy atom. The molecule has 2 aliphatic rings. The normalized spacial score (nSPS) is 17.2. The van der Waals surface area contributed by atoms with Crippen molar-refractivity contribution in [1.82, 2.24) is 9.62 Å². The van der Waals surface area contributed by atoms with Crippen molar-refractivity contribution in [3.05, 3.63) is 65.2 Å². The van der Waals surface area contributed by atoms with Gasteiger partial charge in [-0.2, -0.15) is 0 Å². The lowest BCUT2D eigenvalue weighted by molar-refractivity contribution is 0.0734. The topological polar surface area (TPSA) is 66.5 Å². The predicted octanol–water partition coefficient (Wildman–Crippen LogP) is 2.33. The molecule has 0 spiro atoms. The largest absolute Gasteiger partial charge is 0.334 e. The third kappa shape index (κ3) is 3.45. The monoisotopic (exact) mass is 356 g/mol. The van der Waals surface area contributed by atoms with E-state index in [-0.39, 0.29) is 16.8 Å². The smallest absolute Gasteiger partial charge is 0.254 e. The maximum absolute atomic E-state index is 12.7. The van der Waals surface area contributed by atoms with Crippen molar-refractivity contribution in [3.63, 3.8) is 0 Å². The first-order chi connectivity index (χ1) is 12.0. The van der Waals surface area contributed by atoms with Gasteiger partial charge in [0, 0.05) is 24.7 Å². The summed E-state index contributed by atoms with van der Waals surface area (Å²) in [5.74, 6) is -0.0615. The van der Waals surface area contributed by atoms with Gasteiger partial charge in [-0.25, -0.2) is 13.1 Å². The molecule has 1 aliphatic heterocycles. The summed E-state index contributed by atoms with van der Waals surface area (Å²) < 4.78 is 27.0. The molecule has 0 unspecified atom stereocenters. The van der Waals surface area contributed by atoms with Gasteiger partial charge in [-0.15, -0.1) is 0 Å². The molecule has 0 bridgehead atoms. The van der Waals surface area contributed by atoms with Crippen molar-refractivity contribution in [2.75, 3.05) is 6.54 Å². The summed E-state index contributed by atoms with van der Waals surface area (Å²) in [6.45, 7) is 1.28. The molecule has 0 aromatic heterocycles. The van der Waals surface area contributed by atoms with Gasteiger partial charge in [-0.1, -0.05) is 24.3 Å². The van der Waals surface area contributed by atoms with Gasteiger partial charge in [0.15, 0.2) is 0 Å². The van der Waals surface area contributed by atoms with Crippen LogP contribution in [0.2, 0.25) is 0 Å². The van der Waals surface area contributed by atoms with Crippen LogP contribution in [0.25, 0.3) is 0 Å². The van der Waals surface area contributed by atoms with E-state index in [1.165, 1.54) is 23.3 Å². The molecule has 1 N–H and O–H groups in total. The fraction of sp³-hybridized carbons (Fsp3) is 0.316. The molecule has 25 heavy (non-hydrogen) atoms. The molecule has 2 aromatic rings. The molecule has 1 heterocycles. The summed E-state index contributed by atoms with van der Waals surface area (Å²) in [5, 5.41) is 0. The van der Waals surface area contributed by atoms with Crippen LogP contribution in [0.3, 0.4) is 0 Å². The molecule has 0 atom stereocenters. The van der Waals surface area contributed by atoms with Gasteiger partial charge in [-0.3, -0.25) is 4.79 Å². The van der Waals surface area contributed by atoms with E-state index in [0.717, 1.165) is 19.3 Å². The van der Waals surface area contributed by atoms with Gasteiger partial charge in [0.1, 0.15) is 0 Å². The number of rotatable bonds is 4. The maximum Gasteiger partial charge on any atom is 0.254 e. The van der Waals surface area contributed by atoms with Gasteiger partial charge in [0.25, 0.3) is 5.91 Å². The number of carbonyl (C=O) groups excluding carboxylic acids is 1. The summed E-state index contributed by atoms with van der Waals surface area (Å²) >= 11 is 0. The number of benzene rings is 2. The van der Waals surface area contributed by atoms with Crippen LogP contribution in [0.4, 0.5) is 0 Å². The highest BCUT2D eigenvalue weighted by molar-refractivity contribution is 7.89. The van der Waals surface area contributed by atoms with Crippen molar-refractivity contribution in [1.29, 1.82) is 0 Å². The van der Waals surface area contributed by atoms with Gasteiger partial charge in [-0.05, 0) is 54.7 Å². The Morgan fingerprint density at radius 3 is 2.36 bits per heavy atom. The van der Waals surface area contributed by atoms with Crippen molar-refractivity contribution >= 4 is 15.9 Å². The highest BCUT2D eigenvalue weighted by Crippen LogP contribution is 2.23. The quantitative estimate of drug-likeness (QED) is 0.914. The third-order valence-corrected chi connectivity index (χ3v) is 6.27. The number of hydrogen-bond acceptors (Lipinski definition) is 3. The predicted molar refractivity (Wildman–Crippen MR) is 94.7 cm³/mol. The Bertz CT molecular complexity index is 903. The molecule has 2 aromatic carbocycles. The molecular formula is C19H20N2O3S. The lowest BCUT2D eigenvalue weighted by Gasteiger charge is -2.29. The van der Waals surface area contributed by atoms with E-state index in [1.54, 1.807) is 12.1 Å². The molecule has 1 saturated carbocycles. The van der Waals surface area contributed by atoms with E-state index in [2.05, 4.69) is 10.8 Å². The molecule has 0 saturated heterocycles. The van der Waals surface area contributed by atoms with E-state index in [4.69, 9.17) is 0 Å². The lowest BCUT2D eigenvalue weighted by atomic mass is 9.99. The minimum Gasteiger partial charge on any atom is -0.334 e. The standard InChI is InChI=1S/C19H20N2O3S/c22-19(21-12-11-14-3-1-2-4-16(14)13-21)15-5-9-18(10-6-15)25(23,24)20-17-7-8-17/h1-6,9-10,17,20H,7-8,11-13H2. The first-order valence-electron chi connectivity index (χ1n) is 8.51. The van der Waals surface area contributed by atoms with Gasteiger partial charge in [0.2, 0.25) is 10.0 Å². The number of nitrogens with zero attached hydrogens (tertiary/aromatic N) is 1. The van der Waals surface area contributed by atoms with Crippen molar-refractivity contribution < 1.29 is 13.2 Å². The fourth-order valence-electron chi connectivity index (χ4n) is 3.12. The van der Waals surface area contributed by atoms with Crippen LogP contribution >= 0.6 is 0 Å². The summed E-state index contributed by atoms with van der Waals surface area (Å²) in [6.07, 6.45) is 2.64. The summed E-state index contributed by atoms with van der Waals surface area (Å²) in [5.41, 5.74) is 2.99. The zero-order valence-corrected chi connectivity index (χ0v) is 14.6. The van der Waals surface area contributed by atoms with Crippen LogP contribution in [0.5, 0.6) is 0 Å². The first-order valence-corrected chi connectivity index (χ1v) is 10.00. The Kier molecular flexibility index (Phi) is 4.09. The number of carbonyl (C=O) groups is 1. The number of nitrogens with one attached hydrogen (secondary N) is 1. The van der Waals surface area contributed by atoms with Crippen LogP contribution in [-0.2, 0) is 23.0 Å². The summed E-state index contributed by atoms with van der Waals surface area (Å²) in [6, 6.07) is 14.4. The molecule has 5 nitrogen and oxygen atoms in total. The Hall–Kier alpha value is -2.18. The second-order valence-electron chi connectivity index (χ2n) is 6.67. The van der Waals surface area contributed by atoms with E-state index < -0.39 is 10.0 Å². The number of fused-ring (bicyclic) bond motifs is 1. The molecule has 1 aliphatic carbocycles. The lowest BCUT2D eigenvalue weighted by Crippen LogP contribution is -2.36. The fourth-order valence-corrected chi connectivity index (χ4v) is 4.42. The number of hydrogen-bond donors (Lipinski definition) is 1. The van der Waals surface area contributed by atoms with E-state index in [0.29, 0.717) is 18.7 Å². The zero-order chi connectivity index (χ0) is 17.4. The summed E-state index contributed by atoms with van der Waals surface area (Å²) in [7, 11) is -3.48. The number of sulfonamides is 1. The summed E-state index contributed by atoms with van der Waals surface area (Å²) in [4.78, 5) is 14.7. The van der Waals surface area contributed by atoms with Gasteiger partial charge < -0.3 is 4.90 Å². The number of amides is 1. The van der Waals surface area contributed by atoms with Crippen LogP contribution in [-0.4, -0.2) is 31.8 Å². The molecular weight excluding hydrogens is 336 g/mol. The van der Waals surface area contributed by atoms with Crippen molar-refractivity contribution in [2.24, 2.45) is 0 Å². The second kappa shape index (κ2) is 6.28. The Morgan fingerprint density at radius 1 is 1.00 bits per heavy atom. The second-order valence-corrected chi connectivity index (χ2v) is 8.38. The molecule has 130 valence electrons. The van der Waals surface area contributed by atoms with Crippen molar-refractivity contribution in [2.45, 2.75) is 36.7 Å². The Labute approximate surface area is 147 Å². The molecule has 6 heteroatoms. The third-order valence-electron chi connectivity index (χ3n) is 4.73. The van der Waals surface area contributed by atoms with Gasteiger partial charge in [0.05, 0.1) is 4.90 Å². The molecule has 4 rings (SSSR count). The average molecular weight is 356 g/mol. The van der Waals surface area contributed by atoms with E-state index >= 15 is 0 Å². The molecule has 1 fully saturated rings. The highest BCUT2D eigenvalue weighted by atomic mass is 32.2.